The third kappa shape index (κ3) is 6.51. The molecule has 1 N–H and O–H groups in total. The summed E-state index contributed by atoms with van der Waals surface area (Å²) in [5, 5.41) is 10.6. The predicted octanol–water partition coefficient (Wildman–Crippen LogP) is 2.95. The molecule has 0 bridgehead atoms. The quantitative estimate of drug-likeness (QED) is 0.861. The van der Waals surface area contributed by atoms with Gasteiger partial charge >= 0.3 is 6.09 Å². The van der Waals surface area contributed by atoms with E-state index in [1.54, 1.807) is 32.0 Å². The van der Waals surface area contributed by atoms with Crippen LogP contribution in [0.5, 0.6) is 0 Å². The van der Waals surface area contributed by atoms with E-state index < -0.39 is 11.7 Å². The number of carbonyl (C=O) groups is 1. The lowest BCUT2D eigenvalue weighted by Gasteiger charge is -2.32. The summed E-state index contributed by atoms with van der Waals surface area (Å²) in [5.74, 6) is 0.535. The summed E-state index contributed by atoms with van der Waals surface area (Å²) < 4.78 is 5.30. The van der Waals surface area contributed by atoms with Gasteiger partial charge in [0.1, 0.15) is 11.7 Å². The molecular weight excluding hydrogens is 294 g/mol. The molecule has 7 nitrogen and oxygen atoms in total. The molecule has 0 saturated carbocycles. The Morgan fingerprint density at radius 1 is 1.35 bits per heavy atom. The molecule has 0 aromatic carbocycles. The molecular formula is C16H25N5O2. The van der Waals surface area contributed by atoms with Gasteiger partial charge in [0.15, 0.2) is 5.82 Å². The number of hydrogen-bond acceptors (Lipinski definition) is 6. The average Bonchev–Trinajstić information content (AvgIpc) is 2.34. The zero-order valence-electron chi connectivity index (χ0n) is 14.9. The van der Waals surface area contributed by atoms with Crippen molar-refractivity contribution in [3.05, 3.63) is 17.6 Å². The minimum atomic E-state index is -0.601. The molecule has 1 amide bonds. The Kier molecular flexibility index (Phi) is 5.54. The first-order valence-electron chi connectivity index (χ1n) is 7.42. The number of carbonyl (C=O) groups excluding carboxylic acids is 1. The normalized spacial score (nSPS) is 11.6. The maximum atomic E-state index is 12.1. The third-order valence-electron chi connectivity index (χ3n) is 2.56. The number of hydrogen-bond donors (Lipinski definition) is 1. The van der Waals surface area contributed by atoms with Gasteiger partial charge in [-0.1, -0.05) is 20.8 Å². The van der Waals surface area contributed by atoms with Crippen molar-refractivity contribution in [2.24, 2.45) is 5.41 Å². The van der Waals surface area contributed by atoms with Gasteiger partial charge in [0.05, 0.1) is 0 Å². The van der Waals surface area contributed by atoms with Crippen molar-refractivity contribution >= 4 is 11.9 Å². The van der Waals surface area contributed by atoms with E-state index in [2.05, 4.69) is 15.4 Å². The van der Waals surface area contributed by atoms with Gasteiger partial charge < -0.3 is 4.74 Å². The Morgan fingerprint density at radius 2 is 1.96 bits per heavy atom. The number of rotatable bonds is 3. The molecule has 7 heteroatoms. The Labute approximate surface area is 137 Å². The van der Waals surface area contributed by atoms with Crippen LogP contribution in [-0.2, 0) is 4.74 Å². The van der Waals surface area contributed by atoms with Crippen LogP contribution < -0.4 is 10.4 Å². The van der Waals surface area contributed by atoms with Gasteiger partial charge in [-0.15, -0.1) is 0 Å². The van der Waals surface area contributed by atoms with E-state index in [0.29, 0.717) is 12.4 Å². The number of nitrogens with one attached hydrogen (secondary N) is 1. The van der Waals surface area contributed by atoms with Crippen LogP contribution in [0.15, 0.2) is 6.20 Å². The number of aryl methyl sites for hydroxylation is 1. The van der Waals surface area contributed by atoms with E-state index in [-0.39, 0.29) is 11.2 Å². The van der Waals surface area contributed by atoms with Crippen LogP contribution >= 0.6 is 0 Å². The van der Waals surface area contributed by atoms with Crippen molar-refractivity contribution in [2.45, 2.75) is 54.1 Å². The zero-order chi connectivity index (χ0) is 17.8. The Morgan fingerprint density at radius 3 is 2.43 bits per heavy atom. The lowest BCUT2D eigenvalue weighted by Crippen LogP contribution is -2.49. The maximum Gasteiger partial charge on any atom is 0.426 e. The molecule has 0 aliphatic rings. The summed E-state index contributed by atoms with van der Waals surface area (Å²) in [7, 11) is 0. The number of hydrazine groups is 1. The molecule has 0 unspecified atom stereocenters. The van der Waals surface area contributed by atoms with E-state index in [9.17, 15) is 4.79 Å². The Hall–Kier alpha value is -2.36. The molecule has 0 aliphatic carbocycles. The van der Waals surface area contributed by atoms with E-state index in [0.717, 1.165) is 5.56 Å². The van der Waals surface area contributed by atoms with Gasteiger partial charge in [-0.25, -0.2) is 15.2 Å². The Bertz CT molecular complexity index is 608. The van der Waals surface area contributed by atoms with E-state index in [1.165, 1.54) is 0 Å². The molecule has 0 spiro atoms. The lowest BCUT2D eigenvalue weighted by molar-refractivity contribution is 0.0516. The fourth-order valence-electron chi connectivity index (χ4n) is 1.81. The number of aromatic nitrogens is 2. The molecule has 1 heterocycles. The van der Waals surface area contributed by atoms with Crippen molar-refractivity contribution in [1.29, 1.82) is 5.26 Å². The largest absolute Gasteiger partial charge is 0.443 e. The van der Waals surface area contributed by atoms with Crippen LogP contribution in [0.2, 0.25) is 0 Å². The second kappa shape index (κ2) is 6.82. The van der Waals surface area contributed by atoms with Gasteiger partial charge in [-0.2, -0.15) is 10.2 Å². The smallest absolute Gasteiger partial charge is 0.426 e. The zero-order valence-corrected chi connectivity index (χ0v) is 14.9. The maximum absolute atomic E-state index is 12.1. The van der Waals surface area contributed by atoms with Crippen molar-refractivity contribution < 1.29 is 9.53 Å². The molecule has 126 valence electrons. The molecule has 0 atom stereocenters. The van der Waals surface area contributed by atoms with Crippen LogP contribution in [0.25, 0.3) is 0 Å². The second-order valence-corrected chi connectivity index (χ2v) is 7.57. The van der Waals surface area contributed by atoms with Crippen LogP contribution in [0.1, 0.15) is 52.9 Å². The summed E-state index contributed by atoms with van der Waals surface area (Å²) >= 11 is 0. The van der Waals surface area contributed by atoms with Gasteiger partial charge in [-0.05, 0) is 33.1 Å². The molecule has 1 aromatic heterocycles. The number of amides is 1. The van der Waals surface area contributed by atoms with Gasteiger partial charge in [0, 0.05) is 18.3 Å². The van der Waals surface area contributed by atoms with Crippen LogP contribution in [0.3, 0.4) is 0 Å². The number of anilines is 1. The molecule has 1 rings (SSSR count). The van der Waals surface area contributed by atoms with E-state index >= 15 is 0 Å². The second-order valence-electron chi connectivity index (χ2n) is 7.57. The molecule has 23 heavy (non-hydrogen) atoms. The summed E-state index contributed by atoms with van der Waals surface area (Å²) in [6, 6.07) is 1.91. The van der Waals surface area contributed by atoms with Gasteiger partial charge in [0.25, 0.3) is 0 Å². The molecule has 0 aliphatic heterocycles. The van der Waals surface area contributed by atoms with Crippen LogP contribution in [0, 0.1) is 23.7 Å². The summed E-state index contributed by atoms with van der Waals surface area (Å²) in [4.78, 5) is 20.3. The van der Waals surface area contributed by atoms with Crippen LogP contribution in [-0.4, -0.2) is 28.2 Å². The summed E-state index contributed by atoms with van der Waals surface area (Å²) in [6.07, 6.45) is 0.992. The number of nitriles is 1. The molecule has 1 aromatic rings. The Balaban J connectivity index is 3.11. The van der Waals surface area contributed by atoms with E-state index in [4.69, 9.17) is 10.00 Å². The minimum Gasteiger partial charge on any atom is -0.443 e. The first-order valence-corrected chi connectivity index (χ1v) is 7.42. The van der Waals surface area contributed by atoms with Crippen molar-refractivity contribution in [3.8, 4) is 6.07 Å². The third-order valence-corrected chi connectivity index (χ3v) is 2.56. The van der Waals surface area contributed by atoms with Gasteiger partial charge in [-0.3, -0.25) is 5.01 Å². The highest BCUT2D eigenvalue weighted by molar-refractivity contribution is 5.70. The molecule has 0 radical (unpaired) electrons. The first-order chi connectivity index (χ1) is 10.4. The highest BCUT2D eigenvalue weighted by atomic mass is 16.6. The highest BCUT2D eigenvalue weighted by Gasteiger charge is 2.24. The van der Waals surface area contributed by atoms with Crippen molar-refractivity contribution in [2.75, 3.05) is 11.6 Å². The average molecular weight is 319 g/mol. The SMILES string of the molecule is Cc1cnc(C#N)nc1N(CC(C)(C)C)NC(=O)OC(C)(C)C. The fourth-order valence-corrected chi connectivity index (χ4v) is 1.81. The first kappa shape index (κ1) is 18.7. The van der Waals surface area contributed by atoms with Crippen molar-refractivity contribution in [3.63, 3.8) is 0 Å². The van der Waals surface area contributed by atoms with E-state index in [1.807, 2.05) is 33.8 Å². The van der Waals surface area contributed by atoms with Crippen LogP contribution in [0.4, 0.5) is 10.6 Å². The fraction of sp³-hybridized carbons (Fsp3) is 0.625. The summed E-state index contributed by atoms with van der Waals surface area (Å²) in [6.45, 7) is 13.8. The summed E-state index contributed by atoms with van der Waals surface area (Å²) in [5.41, 5.74) is 2.75. The highest BCUT2D eigenvalue weighted by Crippen LogP contribution is 2.21. The molecule has 0 fully saturated rings. The topological polar surface area (TPSA) is 91.1 Å². The standard InChI is InChI=1S/C16H25N5O2/c1-11-9-18-12(8-17)19-13(11)21(10-15(2,3)4)20-14(22)23-16(5,6)7/h9H,10H2,1-7H3,(H,20,22). The van der Waals surface area contributed by atoms with Gasteiger partial charge in [0.2, 0.25) is 5.82 Å². The monoisotopic (exact) mass is 319 g/mol. The number of ether oxygens (including phenoxy) is 1. The predicted molar refractivity (Wildman–Crippen MR) is 87.7 cm³/mol. The van der Waals surface area contributed by atoms with Crippen molar-refractivity contribution in [1.82, 2.24) is 15.4 Å². The molecule has 0 saturated heterocycles. The minimum absolute atomic E-state index is 0.0514. The number of nitrogens with zero attached hydrogens (tertiary/aromatic N) is 4. The lowest BCUT2D eigenvalue weighted by atomic mass is 9.96.